The summed E-state index contributed by atoms with van der Waals surface area (Å²) in [6.07, 6.45) is 0. The molecule has 0 bridgehead atoms. The molecule has 3 aromatic rings. The van der Waals surface area contributed by atoms with Gasteiger partial charge in [0.1, 0.15) is 0 Å². The van der Waals surface area contributed by atoms with Crippen LogP contribution in [0.1, 0.15) is 21.5 Å². The van der Waals surface area contributed by atoms with Gasteiger partial charge < -0.3 is 0 Å². The minimum atomic E-state index is -1.31. The van der Waals surface area contributed by atoms with E-state index in [1.807, 2.05) is 48.5 Å². The Morgan fingerprint density at radius 3 is 2.41 bits per heavy atom. The molecular weight excluding hydrogens is 405 g/mol. The maximum absolute atomic E-state index is 12.9. The van der Waals surface area contributed by atoms with Gasteiger partial charge in [0.15, 0.2) is 0 Å². The number of rotatable bonds is 4. The first-order valence-electron chi connectivity index (χ1n) is 8.49. The molecule has 1 aliphatic rings. The number of hydrogen-bond acceptors (Lipinski definition) is 3. The molecule has 27 heavy (non-hydrogen) atoms. The number of carbonyl (C=O) groups is 2. The van der Waals surface area contributed by atoms with Gasteiger partial charge in [0.25, 0.3) is 0 Å². The average molecular weight is 422 g/mol. The van der Waals surface area contributed by atoms with Gasteiger partial charge in [-0.15, -0.1) is 0 Å². The molecule has 4 rings (SSSR count). The van der Waals surface area contributed by atoms with Crippen molar-refractivity contribution in [3.05, 3.63) is 95.6 Å². The molecule has 4 nitrogen and oxygen atoms in total. The molecule has 0 saturated heterocycles. The quantitative estimate of drug-likeness (QED) is 0.512. The molecule has 1 atom stereocenters. The van der Waals surface area contributed by atoms with Crippen LogP contribution in [0.2, 0.25) is 0 Å². The standard InChI is InChI=1S/C22H17NO3Se/c1-26-21(25)22(19-13-6-5-12-18(19)20(24)23-22)15-8-7-11-17(14-15)27-16-9-3-2-4-10-16/h2-14H,1H3,(H,23,24). The molecule has 1 amide bonds. The number of ether oxygens (including phenoxy) is 1. The second kappa shape index (κ2) is 7.03. The Labute approximate surface area is 163 Å². The number of amides is 1. The summed E-state index contributed by atoms with van der Waals surface area (Å²) in [5.41, 5.74) is 0.529. The van der Waals surface area contributed by atoms with E-state index in [1.165, 1.54) is 11.6 Å². The van der Waals surface area contributed by atoms with E-state index in [9.17, 15) is 9.59 Å². The van der Waals surface area contributed by atoms with Crippen LogP contribution in [0.4, 0.5) is 0 Å². The zero-order valence-electron chi connectivity index (χ0n) is 14.6. The summed E-state index contributed by atoms with van der Waals surface area (Å²) in [5.74, 6) is -0.764. The van der Waals surface area contributed by atoms with Crippen molar-refractivity contribution in [2.75, 3.05) is 7.11 Å². The second-order valence-electron chi connectivity index (χ2n) is 6.18. The van der Waals surface area contributed by atoms with E-state index in [-0.39, 0.29) is 20.9 Å². The fraction of sp³-hybridized carbons (Fsp3) is 0.0909. The number of fused-ring (bicyclic) bond motifs is 1. The van der Waals surface area contributed by atoms with Gasteiger partial charge in [-0.25, -0.2) is 0 Å². The van der Waals surface area contributed by atoms with Crippen molar-refractivity contribution >= 4 is 35.8 Å². The normalized spacial score (nSPS) is 17.9. The van der Waals surface area contributed by atoms with Crippen LogP contribution in [0.25, 0.3) is 0 Å². The van der Waals surface area contributed by atoms with Crippen LogP contribution in [-0.2, 0) is 15.1 Å². The van der Waals surface area contributed by atoms with Crippen molar-refractivity contribution in [1.29, 1.82) is 0 Å². The first-order chi connectivity index (χ1) is 13.1. The van der Waals surface area contributed by atoms with Crippen LogP contribution >= 0.6 is 0 Å². The van der Waals surface area contributed by atoms with Crippen LogP contribution in [0, 0.1) is 0 Å². The third kappa shape index (κ3) is 2.95. The Bertz CT molecular complexity index is 1020. The molecule has 0 fully saturated rings. The number of nitrogens with one attached hydrogen (secondary N) is 1. The number of methoxy groups -OCH3 is 1. The average Bonchev–Trinajstić information content (AvgIpc) is 3.02. The predicted molar refractivity (Wildman–Crippen MR) is 105 cm³/mol. The van der Waals surface area contributed by atoms with Gasteiger partial charge in [0, 0.05) is 0 Å². The van der Waals surface area contributed by atoms with E-state index >= 15 is 0 Å². The van der Waals surface area contributed by atoms with Crippen molar-refractivity contribution in [3.63, 3.8) is 0 Å². The van der Waals surface area contributed by atoms with Gasteiger partial charge in [-0.3, -0.25) is 0 Å². The van der Waals surface area contributed by atoms with Gasteiger partial charge >= 0.3 is 164 Å². The molecule has 0 aromatic heterocycles. The van der Waals surface area contributed by atoms with E-state index in [1.54, 1.807) is 18.2 Å². The van der Waals surface area contributed by atoms with Crippen LogP contribution in [0.5, 0.6) is 0 Å². The van der Waals surface area contributed by atoms with E-state index in [0.29, 0.717) is 16.7 Å². The van der Waals surface area contributed by atoms with Crippen LogP contribution < -0.4 is 14.2 Å². The summed E-state index contributed by atoms with van der Waals surface area (Å²) in [5, 5.41) is 2.88. The summed E-state index contributed by atoms with van der Waals surface area (Å²) < 4.78 is 7.47. The predicted octanol–water partition coefficient (Wildman–Crippen LogP) is 1.50. The summed E-state index contributed by atoms with van der Waals surface area (Å²) in [6, 6.07) is 25.2. The van der Waals surface area contributed by atoms with Crippen molar-refractivity contribution in [2.24, 2.45) is 0 Å². The molecular formula is C22H17NO3Se. The number of benzene rings is 3. The topological polar surface area (TPSA) is 55.4 Å². The summed E-state index contributed by atoms with van der Waals surface area (Å²) >= 11 is 0.0940. The summed E-state index contributed by atoms with van der Waals surface area (Å²) in [7, 11) is 1.34. The Balaban J connectivity index is 1.83. The Morgan fingerprint density at radius 1 is 0.926 bits per heavy atom. The van der Waals surface area contributed by atoms with E-state index in [2.05, 4.69) is 17.4 Å². The van der Waals surface area contributed by atoms with Crippen molar-refractivity contribution in [1.82, 2.24) is 5.32 Å². The molecule has 0 saturated carbocycles. The monoisotopic (exact) mass is 423 g/mol. The maximum atomic E-state index is 12.9. The molecule has 1 N–H and O–H groups in total. The number of hydrogen-bond donors (Lipinski definition) is 1. The van der Waals surface area contributed by atoms with Crippen molar-refractivity contribution in [3.8, 4) is 0 Å². The number of esters is 1. The van der Waals surface area contributed by atoms with Crippen LogP contribution in [0.3, 0.4) is 0 Å². The van der Waals surface area contributed by atoms with E-state index < -0.39 is 11.5 Å². The van der Waals surface area contributed by atoms with Gasteiger partial charge in [-0.05, 0) is 0 Å². The Morgan fingerprint density at radius 2 is 1.63 bits per heavy atom. The van der Waals surface area contributed by atoms with Crippen molar-refractivity contribution < 1.29 is 14.3 Å². The molecule has 0 aliphatic carbocycles. The van der Waals surface area contributed by atoms with Gasteiger partial charge in [0.05, 0.1) is 0 Å². The van der Waals surface area contributed by atoms with Gasteiger partial charge in [-0.1, -0.05) is 0 Å². The number of carbonyl (C=O) groups excluding carboxylic acids is 2. The Hall–Kier alpha value is -2.88. The van der Waals surface area contributed by atoms with Gasteiger partial charge in [0.2, 0.25) is 0 Å². The van der Waals surface area contributed by atoms with Gasteiger partial charge in [-0.2, -0.15) is 0 Å². The second-order valence-corrected chi connectivity index (χ2v) is 8.59. The Kier molecular flexibility index (Phi) is 4.56. The molecule has 1 unspecified atom stereocenters. The molecule has 1 aliphatic heterocycles. The SMILES string of the molecule is COC(=O)C1(c2cccc([Se]c3ccccc3)c2)NC(=O)c2ccccc21. The zero-order valence-corrected chi connectivity index (χ0v) is 16.4. The zero-order chi connectivity index (χ0) is 18.9. The molecule has 3 aromatic carbocycles. The van der Waals surface area contributed by atoms with E-state index in [0.717, 1.165) is 4.46 Å². The summed E-state index contributed by atoms with van der Waals surface area (Å²) in [4.78, 5) is 25.4. The molecule has 5 heteroatoms. The van der Waals surface area contributed by atoms with E-state index in [4.69, 9.17) is 4.74 Å². The first-order valence-corrected chi connectivity index (χ1v) is 10.2. The third-order valence-corrected chi connectivity index (χ3v) is 6.71. The third-order valence-electron chi connectivity index (χ3n) is 4.61. The molecule has 0 radical (unpaired) electrons. The molecule has 1 heterocycles. The molecule has 134 valence electrons. The fourth-order valence-electron chi connectivity index (χ4n) is 3.39. The summed E-state index contributed by atoms with van der Waals surface area (Å²) in [6.45, 7) is 0. The van der Waals surface area contributed by atoms with Crippen LogP contribution in [-0.4, -0.2) is 33.9 Å². The fourth-order valence-corrected chi connectivity index (χ4v) is 5.27. The first kappa shape index (κ1) is 17.5. The van der Waals surface area contributed by atoms with Crippen molar-refractivity contribution in [2.45, 2.75) is 5.54 Å². The molecule has 0 spiro atoms. The minimum absolute atomic E-state index is 0.0940. The van der Waals surface area contributed by atoms with Crippen LogP contribution in [0.15, 0.2) is 78.9 Å².